The second-order valence-electron chi connectivity index (χ2n) is 7.11. The molecule has 1 aliphatic rings. The molecule has 146 valence electrons. The third kappa shape index (κ3) is 5.42. The SMILES string of the molecule is CCCCc1cc(C2=C[C@@H](OC(CC)CC)[C@H](NC(C)=O)[C@@H](N)C2)no1. The molecule has 0 aliphatic heterocycles. The van der Waals surface area contributed by atoms with Gasteiger partial charge in [-0.25, -0.2) is 0 Å². The van der Waals surface area contributed by atoms with Gasteiger partial charge in [-0.1, -0.05) is 32.3 Å². The molecule has 0 fully saturated rings. The number of amides is 1. The molecule has 1 amide bonds. The zero-order valence-electron chi connectivity index (χ0n) is 16.5. The van der Waals surface area contributed by atoms with Gasteiger partial charge in [0, 0.05) is 25.5 Å². The highest BCUT2D eigenvalue weighted by Crippen LogP contribution is 2.29. The fourth-order valence-corrected chi connectivity index (χ4v) is 3.37. The molecule has 0 saturated heterocycles. The number of hydrogen-bond donors (Lipinski definition) is 2. The molecule has 0 bridgehead atoms. The maximum atomic E-state index is 11.6. The minimum absolute atomic E-state index is 0.0938. The van der Waals surface area contributed by atoms with Crippen LogP contribution in [0.1, 0.15) is 71.3 Å². The molecule has 2 rings (SSSR count). The molecule has 26 heavy (non-hydrogen) atoms. The Morgan fingerprint density at radius 1 is 1.42 bits per heavy atom. The Morgan fingerprint density at radius 2 is 2.15 bits per heavy atom. The summed E-state index contributed by atoms with van der Waals surface area (Å²) in [6.07, 6.45) is 7.50. The van der Waals surface area contributed by atoms with E-state index in [1.807, 2.05) is 6.07 Å². The maximum absolute atomic E-state index is 11.6. The number of ether oxygens (including phenoxy) is 1. The molecule has 1 aromatic heterocycles. The molecule has 6 heteroatoms. The number of nitrogens with one attached hydrogen (secondary N) is 1. The van der Waals surface area contributed by atoms with Gasteiger partial charge in [0.15, 0.2) is 0 Å². The number of aryl methyl sites for hydroxylation is 1. The highest BCUT2D eigenvalue weighted by molar-refractivity contribution is 5.74. The van der Waals surface area contributed by atoms with Crippen LogP contribution in [0.5, 0.6) is 0 Å². The Morgan fingerprint density at radius 3 is 2.77 bits per heavy atom. The molecule has 1 heterocycles. The summed E-state index contributed by atoms with van der Waals surface area (Å²) in [7, 11) is 0. The van der Waals surface area contributed by atoms with Crippen LogP contribution >= 0.6 is 0 Å². The summed E-state index contributed by atoms with van der Waals surface area (Å²) >= 11 is 0. The van der Waals surface area contributed by atoms with Gasteiger partial charge < -0.3 is 20.3 Å². The van der Waals surface area contributed by atoms with Crippen molar-refractivity contribution in [1.82, 2.24) is 10.5 Å². The van der Waals surface area contributed by atoms with Crippen LogP contribution < -0.4 is 11.1 Å². The third-order valence-electron chi connectivity index (χ3n) is 4.93. The van der Waals surface area contributed by atoms with Crippen LogP contribution in [0, 0.1) is 0 Å². The van der Waals surface area contributed by atoms with Crippen LogP contribution in [0.4, 0.5) is 0 Å². The van der Waals surface area contributed by atoms with E-state index < -0.39 is 0 Å². The minimum atomic E-state index is -0.265. The first kappa shape index (κ1) is 20.6. The van der Waals surface area contributed by atoms with Gasteiger partial charge in [0.1, 0.15) is 11.5 Å². The third-order valence-corrected chi connectivity index (χ3v) is 4.93. The molecule has 0 radical (unpaired) electrons. The number of carbonyl (C=O) groups excluding carboxylic acids is 1. The van der Waals surface area contributed by atoms with Crippen molar-refractivity contribution in [3.63, 3.8) is 0 Å². The van der Waals surface area contributed by atoms with Crippen molar-refractivity contribution < 1.29 is 14.1 Å². The molecule has 6 nitrogen and oxygen atoms in total. The Labute approximate surface area is 156 Å². The number of nitrogens with two attached hydrogens (primary N) is 1. The topological polar surface area (TPSA) is 90.4 Å². The quantitative estimate of drug-likeness (QED) is 0.703. The molecular formula is C20H33N3O3. The van der Waals surface area contributed by atoms with E-state index in [9.17, 15) is 4.79 Å². The van der Waals surface area contributed by atoms with Crippen molar-refractivity contribution in [3.8, 4) is 0 Å². The molecular weight excluding hydrogens is 330 g/mol. The Kier molecular flexibility index (Phi) is 7.85. The number of hydrogen-bond acceptors (Lipinski definition) is 5. The van der Waals surface area contributed by atoms with Gasteiger partial charge in [-0.3, -0.25) is 4.79 Å². The van der Waals surface area contributed by atoms with E-state index in [0.29, 0.717) is 6.42 Å². The minimum Gasteiger partial charge on any atom is -0.369 e. The van der Waals surface area contributed by atoms with Crippen LogP contribution in [0.2, 0.25) is 0 Å². The zero-order chi connectivity index (χ0) is 19.1. The van der Waals surface area contributed by atoms with Gasteiger partial charge in [0.25, 0.3) is 0 Å². The summed E-state index contributed by atoms with van der Waals surface area (Å²) < 4.78 is 11.7. The van der Waals surface area contributed by atoms with E-state index in [4.69, 9.17) is 15.0 Å². The predicted molar refractivity (Wildman–Crippen MR) is 103 cm³/mol. The van der Waals surface area contributed by atoms with E-state index in [0.717, 1.165) is 49.1 Å². The smallest absolute Gasteiger partial charge is 0.217 e. The summed E-state index contributed by atoms with van der Waals surface area (Å²) in [5, 5.41) is 7.19. The number of aromatic nitrogens is 1. The Hall–Kier alpha value is -1.66. The Bertz CT molecular complexity index is 607. The first-order valence-corrected chi connectivity index (χ1v) is 9.83. The van der Waals surface area contributed by atoms with E-state index in [1.54, 1.807) is 0 Å². The fraction of sp³-hybridized carbons (Fsp3) is 0.700. The van der Waals surface area contributed by atoms with Crippen LogP contribution in [-0.2, 0) is 16.0 Å². The van der Waals surface area contributed by atoms with E-state index in [2.05, 4.69) is 37.3 Å². The summed E-state index contributed by atoms with van der Waals surface area (Å²) in [6.45, 7) is 7.87. The Balaban J connectivity index is 2.23. The van der Waals surface area contributed by atoms with Gasteiger partial charge in [0.2, 0.25) is 5.91 Å². The van der Waals surface area contributed by atoms with Gasteiger partial charge in [-0.2, -0.15) is 0 Å². The number of nitrogens with zero attached hydrogens (tertiary/aromatic N) is 1. The standard InChI is InChI=1S/C20H33N3O3/c1-5-8-9-16-12-18(23-26-16)14-10-17(21)20(22-13(4)24)19(11-14)25-15(6-2)7-3/h11-12,15,17,19-20H,5-10,21H2,1-4H3,(H,22,24)/t17-,19+,20+/m0/s1. The lowest BCUT2D eigenvalue weighted by atomic mass is 9.86. The lowest BCUT2D eigenvalue weighted by Crippen LogP contribution is -2.56. The first-order chi connectivity index (χ1) is 12.5. The van der Waals surface area contributed by atoms with Crippen molar-refractivity contribution >= 4 is 11.5 Å². The van der Waals surface area contributed by atoms with Gasteiger partial charge in [-0.05, 0) is 37.3 Å². The van der Waals surface area contributed by atoms with Crippen LogP contribution in [0.25, 0.3) is 5.57 Å². The van der Waals surface area contributed by atoms with E-state index in [-0.39, 0.29) is 30.2 Å². The lowest BCUT2D eigenvalue weighted by molar-refractivity contribution is -0.121. The van der Waals surface area contributed by atoms with Gasteiger partial charge >= 0.3 is 0 Å². The largest absolute Gasteiger partial charge is 0.369 e. The molecule has 1 aliphatic carbocycles. The average molecular weight is 364 g/mol. The maximum Gasteiger partial charge on any atom is 0.217 e. The predicted octanol–water partition coefficient (Wildman–Crippen LogP) is 3.21. The second kappa shape index (κ2) is 9.88. The molecule has 0 unspecified atom stereocenters. The molecule has 0 aromatic carbocycles. The highest BCUT2D eigenvalue weighted by Gasteiger charge is 2.34. The van der Waals surface area contributed by atoms with Gasteiger partial charge in [-0.15, -0.1) is 0 Å². The van der Waals surface area contributed by atoms with E-state index in [1.165, 1.54) is 6.92 Å². The molecule has 3 N–H and O–H groups in total. The monoisotopic (exact) mass is 363 g/mol. The summed E-state index contributed by atoms with van der Waals surface area (Å²) in [5.74, 6) is 0.807. The van der Waals surface area contributed by atoms with Crippen molar-refractivity contribution in [1.29, 1.82) is 0 Å². The second-order valence-corrected chi connectivity index (χ2v) is 7.11. The van der Waals surface area contributed by atoms with Crippen LogP contribution in [0.15, 0.2) is 16.7 Å². The number of carbonyl (C=O) groups is 1. The van der Waals surface area contributed by atoms with Crippen molar-refractivity contribution in [2.45, 2.75) is 90.5 Å². The normalized spacial score (nSPS) is 23.2. The van der Waals surface area contributed by atoms with Crippen LogP contribution in [-0.4, -0.2) is 35.4 Å². The highest BCUT2D eigenvalue weighted by atomic mass is 16.5. The zero-order valence-corrected chi connectivity index (χ0v) is 16.5. The molecule has 0 spiro atoms. The van der Waals surface area contributed by atoms with E-state index >= 15 is 0 Å². The number of rotatable bonds is 9. The summed E-state index contributed by atoms with van der Waals surface area (Å²) in [5.41, 5.74) is 8.25. The summed E-state index contributed by atoms with van der Waals surface area (Å²) in [4.78, 5) is 11.6. The lowest BCUT2D eigenvalue weighted by Gasteiger charge is -2.36. The van der Waals surface area contributed by atoms with Crippen molar-refractivity contribution in [2.24, 2.45) is 5.73 Å². The average Bonchev–Trinajstić information content (AvgIpc) is 3.08. The van der Waals surface area contributed by atoms with Crippen molar-refractivity contribution in [3.05, 3.63) is 23.6 Å². The van der Waals surface area contributed by atoms with Crippen LogP contribution in [0.3, 0.4) is 0 Å². The first-order valence-electron chi connectivity index (χ1n) is 9.83. The molecule has 3 atom stereocenters. The summed E-state index contributed by atoms with van der Waals surface area (Å²) in [6, 6.07) is 1.54. The van der Waals surface area contributed by atoms with Gasteiger partial charge in [0.05, 0.1) is 18.2 Å². The molecule has 1 aromatic rings. The fourth-order valence-electron chi connectivity index (χ4n) is 3.37. The number of unbranched alkanes of at least 4 members (excludes halogenated alkanes) is 1. The van der Waals surface area contributed by atoms with Crippen molar-refractivity contribution in [2.75, 3.05) is 0 Å². The molecule has 0 saturated carbocycles.